The average molecular weight is 260 g/mol. The predicted molar refractivity (Wildman–Crippen MR) is 74.8 cm³/mol. The number of piperidine rings is 1. The summed E-state index contributed by atoms with van der Waals surface area (Å²) in [6, 6.07) is 1.97. The zero-order chi connectivity index (χ0) is 13.5. The Balaban J connectivity index is 1.71. The molecule has 5 nitrogen and oxygen atoms in total. The summed E-state index contributed by atoms with van der Waals surface area (Å²) in [6.45, 7) is 2.84. The van der Waals surface area contributed by atoms with E-state index in [1.54, 1.807) is 12.4 Å². The highest BCUT2D eigenvalue weighted by Crippen LogP contribution is 2.41. The molecule has 1 aromatic rings. The second-order valence-electron chi connectivity index (χ2n) is 5.85. The molecule has 102 valence electrons. The van der Waals surface area contributed by atoms with E-state index < -0.39 is 0 Å². The van der Waals surface area contributed by atoms with Gasteiger partial charge in [0.15, 0.2) is 0 Å². The van der Waals surface area contributed by atoms with E-state index in [0.717, 1.165) is 43.9 Å². The lowest BCUT2D eigenvalue weighted by Crippen LogP contribution is -2.41. The van der Waals surface area contributed by atoms with Gasteiger partial charge in [-0.25, -0.2) is 0 Å². The Hall–Kier alpha value is -1.78. The average Bonchev–Trinajstić information content (AvgIpc) is 2.67. The van der Waals surface area contributed by atoms with Crippen LogP contribution in [0.1, 0.15) is 19.3 Å². The van der Waals surface area contributed by atoms with Crippen LogP contribution in [0.5, 0.6) is 0 Å². The van der Waals surface area contributed by atoms with Crippen LogP contribution in [0, 0.1) is 5.41 Å². The van der Waals surface area contributed by atoms with E-state index >= 15 is 0 Å². The number of carbonyl (C=O) groups is 1. The number of pyridine rings is 1. The SMILES string of the molecule is CN1CC2(CCN(c3ccncc3N)CC2)CC1=O. The van der Waals surface area contributed by atoms with Gasteiger partial charge in [0.2, 0.25) is 5.91 Å². The number of hydrogen-bond acceptors (Lipinski definition) is 4. The van der Waals surface area contributed by atoms with Crippen molar-refractivity contribution in [1.29, 1.82) is 0 Å². The van der Waals surface area contributed by atoms with E-state index in [2.05, 4.69) is 9.88 Å². The van der Waals surface area contributed by atoms with Crippen LogP contribution >= 0.6 is 0 Å². The van der Waals surface area contributed by atoms with Crippen LogP contribution in [0.3, 0.4) is 0 Å². The van der Waals surface area contributed by atoms with Gasteiger partial charge in [0.1, 0.15) is 0 Å². The number of nitrogens with zero attached hydrogens (tertiary/aromatic N) is 3. The maximum Gasteiger partial charge on any atom is 0.222 e. The number of nitrogens with two attached hydrogens (primary N) is 1. The number of nitrogen functional groups attached to an aromatic ring is 1. The minimum Gasteiger partial charge on any atom is -0.396 e. The molecule has 19 heavy (non-hydrogen) atoms. The number of rotatable bonds is 1. The number of aromatic nitrogens is 1. The summed E-state index contributed by atoms with van der Waals surface area (Å²) in [5.41, 5.74) is 7.98. The molecule has 0 radical (unpaired) electrons. The lowest BCUT2D eigenvalue weighted by Gasteiger charge is -2.40. The Morgan fingerprint density at radius 3 is 2.68 bits per heavy atom. The summed E-state index contributed by atoms with van der Waals surface area (Å²) in [5, 5.41) is 0. The molecule has 0 saturated carbocycles. The fraction of sp³-hybridized carbons (Fsp3) is 0.571. The highest BCUT2D eigenvalue weighted by molar-refractivity contribution is 5.79. The van der Waals surface area contributed by atoms with E-state index in [1.807, 2.05) is 18.0 Å². The Morgan fingerprint density at radius 1 is 1.37 bits per heavy atom. The van der Waals surface area contributed by atoms with Crippen LogP contribution in [0.4, 0.5) is 11.4 Å². The second kappa shape index (κ2) is 4.40. The Morgan fingerprint density at radius 2 is 2.11 bits per heavy atom. The molecule has 0 bridgehead atoms. The quantitative estimate of drug-likeness (QED) is 0.821. The maximum absolute atomic E-state index is 11.7. The molecule has 2 saturated heterocycles. The van der Waals surface area contributed by atoms with Crippen molar-refractivity contribution < 1.29 is 4.79 Å². The summed E-state index contributed by atoms with van der Waals surface area (Å²) >= 11 is 0. The molecule has 2 aliphatic rings. The summed E-state index contributed by atoms with van der Waals surface area (Å²) in [5.74, 6) is 0.289. The standard InChI is InChI=1S/C14H20N4O/c1-17-10-14(8-13(17)19)3-6-18(7-4-14)12-2-5-16-9-11(12)15/h2,5,9H,3-4,6-8,10,15H2,1H3. The van der Waals surface area contributed by atoms with E-state index in [-0.39, 0.29) is 11.3 Å². The van der Waals surface area contributed by atoms with Crippen molar-refractivity contribution in [3.05, 3.63) is 18.5 Å². The molecular formula is C14H20N4O. The summed E-state index contributed by atoms with van der Waals surface area (Å²) in [7, 11) is 1.91. The van der Waals surface area contributed by atoms with Gasteiger partial charge in [0, 0.05) is 44.7 Å². The number of hydrogen-bond donors (Lipinski definition) is 1. The van der Waals surface area contributed by atoms with Crippen LogP contribution in [0.2, 0.25) is 0 Å². The molecular weight excluding hydrogens is 240 g/mol. The largest absolute Gasteiger partial charge is 0.396 e. The van der Waals surface area contributed by atoms with Crippen LogP contribution in [-0.2, 0) is 4.79 Å². The van der Waals surface area contributed by atoms with Crippen molar-refractivity contribution in [2.75, 3.05) is 37.3 Å². The molecule has 2 aliphatic heterocycles. The van der Waals surface area contributed by atoms with Gasteiger partial charge in [-0.1, -0.05) is 0 Å². The first-order valence-corrected chi connectivity index (χ1v) is 6.78. The number of carbonyl (C=O) groups excluding carboxylic acids is 1. The minimum absolute atomic E-state index is 0.199. The van der Waals surface area contributed by atoms with Crippen LogP contribution in [0.15, 0.2) is 18.5 Å². The van der Waals surface area contributed by atoms with Crippen molar-refractivity contribution >= 4 is 17.3 Å². The van der Waals surface area contributed by atoms with Gasteiger partial charge in [-0.3, -0.25) is 9.78 Å². The fourth-order valence-electron chi connectivity index (χ4n) is 3.35. The van der Waals surface area contributed by atoms with E-state index in [4.69, 9.17) is 5.73 Å². The first-order chi connectivity index (χ1) is 9.10. The van der Waals surface area contributed by atoms with Crippen LogP contribution in [-0.4, -0.2) is 42.5 Å². The van der Waals surface area contributed by atoms with Gasteiger partial charge >= 0.3 is 0 Å². The minimum atomic E-state index is 0.199. The van der Waals surface area contributed by atoms with Crippen LogP contribution < -0.4 is 10.6 Å². The van der Waals surface area contributed by atoms with Crippen molar-refractivity contribution in [1.82, 2.24) is 9.88 Å². The van der Waals surface area contributed by atoms with Gasteiger partial charge in [-0.05, 0) is 18.9 Å². The van der Waals surface area contributed by atoms with E-state index in [0.29, 0.717) is 6.42 Å². The third kappa shape index (κ3) is 2.13. The molecule has 3 heterocycles. The number of anilines is 2. The topological polar surface area (TPSA) is 62.5 Å². The molecule has 0 atom stereocenters. The third-order valence-corrected chi connectivity index (χ3v) is 4.52. The normalized spacial score (nSPS) is 22.3. The zero-order valence-corrected chi connectivity index (χ0v) is 11.3. The van der Waals surface area contributed by atoms with Crippen molar-refractivity contribution in [3.8, 4) is 0 Å². The first kappa shape index (κ1) is 12.3. The Labute approximate surface area is 113 Å². The van der Waals surface area contributed by atoms with E-state index in [9.17, 15) is 4.79 Å². The highest BCUT2D eigenvalue weighted by Gasteiger charge is 2.43. The molecule has 1 amide bonds. The Bertz CT molecular complexity index is 494. The molecule has 0 aliphatic carbocycles. The first-order valence-electron chi connectivity index (χ1n) is 6.78. The number of likely N-dealkylation sites (tertiary alicyclic amines) is 1. The van der Waals surface area contributed by atoms with Crippen molar-refractivity contribution in [3.63, 3.8) is 0 Å². The molecule has 0 aromatic carbocycles. The van der Waals surface area contributed by atoms with Crippen LogP contribution in [0.25, 0.3) is 0 Å². The summed E-state index contributed by atoms with van der Waals surface area (Å²) < 4.78 is 0. The molecule has 2 fully saturated rings. The second-order valence-corrected chi connectivity index (χ2v) is 5.85. The van der Waals surface area contributed by atoms with Gasteiger partial charge in [0.05, 0.1) is 17.6 Å². The Kier molecular flexibility index (Phi) is 2.84. The zero-order valence-electron chi connectivity index (χ0n) is 11.3. The van der Waals surface area contributed by atoms with Crippen molar-refractivity contribution in [2.24, 2.45) is 5.41 Å². The molecule has 1 spiro atoms. The fourth-order valence-corrected chi connectivity index (χ4v) is 3.35. The molecule has 0 unspecified atom stereocenters. The van der Waals surface area contributed by atoms with Gasteiger partial charge in [0.25, 0.3) is 0 Å². The van der Waals surface area contributed by atoms with Crippen molar-refractivity contribution in [2.45, 2.75) is 19.3 Å². The van der Waals surface area contributed by atoms with Gasteiger partial charge < -0.3 is 15.5 Å². The third-order valence-electron chi connectivity index (χ3n) is 4.52. The lowest BCUT2D eigenvalue weighted by molar-refractivity contribution is -0.126. The van der Waals surface area contributed by atoms with Gasteiger partial charge in [-0.15, -0.1) is 0 Å². The molecule has 1 aromatic heterocycles. The maximum atomic E-state index is 11.7. The monoisotopic (exact) mass is 260 g/mol. The molecule has 3 rings (SSSR count). The summed E-state index contributed by atoms with van der Waals surface area (Å²) in [6.07, 6.45) is 6.31. The number of amides is 1. The lowest BCUT2D eigenvalue weighted by atomic mass is 9.77. The van der Waals surface area contributed by atoms with Gasteiger partial charge in [-0.2, -0.15) is 0 Å². The van der Waals surface area contributed by atoms with E-state index in [1.165, 1.54) is 0 Å². The molecule has 2 N–H and O–H groups in total. The highest BCUT2D eigenvalue weighted by atomic mass is 16.2. The predicted octanol–water partition coefficient (Wildman–Crippen LogP) is 1.11. The molecule has 5 heteroatoms. The summed E-state index contributed by atoms with van der Waals surface area (Å²) in [4.78, 5) is 19.9. The smallest absolute Gasteiger partial charge is 0.222 e.